The summed E-state index contributed by atoms with van der Waals surface area (Å²) in [7, 11) is -3.43. The minimum absolute atomic E-state index is 0.0454. The van der Waals surface area contributed by atoms with Gasteiger partial charge in [0.2, 0.25) is 0 Å². The summed E-state index contributed by atoms with van der Waals surface area (Å²) in [5, 5.41) is 1.63. The molecule has 12 heteroatoms. The number of anilines is 1. The summed E-state index contributed by atoms with van der Waals surface area (Å²) in [5.41, 5.74) is 0.717. The van der Waals surface area contributed by atoms with Gasteiger partial charge in [-0.2, -0.15) is 0 Å². The lowest BCUT2D eigenvalue weighted by atomic mass is 10.0. The Kier molecular flexibility index (Phi) is 7.37. The maximum Gasteiger partial charge on any atom is 0.573 e. The first-order valence-electron chi connectivity index (χ1n) is 12.5. The number of hydrogen-bond donors (Lipinski definition) is 0. The molecular formula is C29H24F4N2O5S. The lowest BCUT2D eigenvalue weighted by molar-refractivity contribution is -0.274. The molecule has 1 fully saturated rings. The van der Waals surface area contributed by atoms with Crippen molar-refractivity contribution in [3.63, 3.8) is 0 Å². The molecule has 0 spiro atoms. The van der Waals surface area contributed by atoms with E-state index in [1.54, 1.807) is 6.20 Å². The van der Waals surface area contributed by atoms with Gasteiger partial charge < -0.3 is 9.47 Å². The van der Waals surface area contributed by atoms with Crippen LogP contribution in [0.5, 0.6) is 5.75 Å². The van der Waals surface area contributed by atoms with Crippen molar-refractivity contribution in [2.45, 2.75) is 43.5 Å². The third-order valence-corrected chi connectivity index (χ3v) is 8.47. The number of pyridine rings is 1. The van der Waals surface area contributed by atoms with Crippen LogP contribution in [0.25, 0.3) is 10.8 Å². The molecule has 0 saturated heterocycles. The summed E-state index contributed by atoms with van der Waals surface area (Å²) in [6, 6.07) is 14.1. The molecule has 5 rings (SSSR count). The van der Waals surface area contributed by atoms with Crippen molar-refractivity contribution in [3.05, 3.63) is 94.9 Å². The molecule has 1 aromatic heterocycles. The molecule has 0 bridgehead atoms. The number of hydrogen-bond acceptors (Lipinski definition) is 6. The van der Waals surface area contributed by atoms with Gasteiger partial charge in [0.1, 0.15) is 17.4 Å². The predicted molar refractivity (Wildman–Crippen MR) is 143 cm³/mol. The zero-order chi connectivity index (χ0) is 29.5. The Labute approximate surface area is 233 Å². The molecule has 1 aliphatic carbocycles. The highest BCUT2D eigenvalue weighted by molar-refractivity contribution is 7.92. The number of sulfonamides is 1. The number of carbonyl (C=O) groups excluding carboxylic acids is 1. The lowest BCUT2D eigenvalue weighted by Crippen LogP contribution is -2.32. The molecule has 214 valence electrons. The number of halogens is 4. The van der Waals surface area contributed by atoms with Crippen molar-refractivity contribution in [2.24, 2.45) is 0 Å². The van der Waals surface area contributed by atoms with Crippen molar-refractivity contribution in [2.75, 3.05) is 11.4 Å². The zero-order valence-corrected chi connectivity index (χ0v) is 22.7. The number of rotatable bonds is 8. The highest BCUT2D eigenvalue weighted by Crippen LogP contribution is 2.48. The van der Waals surface area contributed by atoms with Gasteiger partial charge in [-0.1, -0.05) is 36.4 Å². The fourth-order valence-electron chi connectivity index (χ4n) is 4.73. The fourth-order valence-corrected chi connectivity index (χ4v) is 6.26. The van der Waals surface area contributed by atoms with Crippen molar-refractivity contribution < 1.29 is 40.2 Å². The Morgan fingerprint density at radius 1 is 1.07 bits per heavy atom. The van der Waals surface area contributed by atoms with Crippen LogP contribution in [0.1, 0.15) is 45.8 Å². The van der Waals surface area contributed by atoms with E-state index >= 15 is 4.39 Å². The molecule has 41 heavy (non-hydrogen) atoms. The van der Waals surface area contributed by atoms with Gasteiger partial charge in [-0.3, -0.25) is 0 Å². The van der Waals surface area contributed by atoms with E-state index in [0.29, 0.717) is 11.1 Å². The van der Waals surface area contributed by atoms with Crippen LogP contribution in [-0.2, 0) is 21.3 Å². The van der Waals surface area contributed by atoms with E-state index in [9.17, 15) is 26.4 Å². The van der Waals surface area contributed by atoms with E-state index in [0.717, 1.165) is 53.2 Å². The molecule has 0 atom stereocenters. The number of methoxy groups -OCH3 is 1. The van der Waals surface area contributed by atoms with Gasteiger partial charge in [0.05, 0.1) is 24.1 Å². The monoisotopic (exact) mass is 588 g/mol. The molecule has 0 aliphatic heterocycles. The molecular weight excluding hydrogens is 564 g/mol. The average Bonchev–Trinajstić information content (AvgIpc) is 3.76. The molecule has 0 amide bonds. The molecule has 0 unspecified atom stereocenters. The first-order chi connectivity index (χ1) is 19.4. The summed E-state index contributed by atoms with van der Waals surface area (Å²) >= 11 is 0. The number of carbonyl (C=O) groups is 1. The van der Waals surface area contributed by atoms with Gasteiger partial charge in [-0.25, -0.2) is 26.9 Å². The van der Waals surface area contributed by atoms with Crippen molar-refractivity contribution in [1.29, 1.82) is 0 Å². The molecule has 1 heterocycles. The number of fused-ring (bicyclic) bond motifs is 1. The van der Waals surface area contributed by atoms with E-state index in [1.165, 1.54) is 25.1 Å². The van der Waals surface area contributed by atoms with Gasteiger partial charge >= 0.3 is 12.3 Å². The van der Waals surface area contributed by atoms with Gasteiger partial charge in [0.25, 0.3) is 10.0 Å². The van der Waals surface area contributed by atoms with Crippen LogP contribution in [0.4, 0.5) is 23.4 Å². The van der Waals surface area contributed by atoms with Crippen LogP contribution in [0.2, 0.25) is 0 Å². The van der Waals surface area contributed by atoms with Crippen molar-refractivity contribution in [1.82, 2.24) is 4.98 Å². The number of alkyl halides is 3. The summed E-state index contributed by atoms with van der Waals surface area (Å²) in [5.74, 6) is -2.30. The first kappa shape index (κ1) is 28.3. The largest absolute Gasteiger partial charge is 0.573 e. The second-order valence-electron chi connectivity index (χ2n) is 9.65. The van der Waals surface area contributed by atoms with Crippen LogP contribution < -0.4 is 9.04 Å². The maximum atomic E-state index is 15.1. The maximum absolute atomic E-state index is 15.1. The fraction of sp³-hybridized carbons (Fsp3) is 0.241. The smallest absolute Gasteiger partial charge is 0.465 e. The van der Waals surface area contributed by atoms with Crippen molar-refractivity contribution in [3.8, 4) is 5.75 Å². The Hall–Kier alpha value is -4.19. The topological polar surface area (TPSA) is 85.8 Å². The Bertz CT molecular complexity index is 1710. The average molecular weight is 589 g/mol. The second kappa shape index (κ2) is 10.7. The summed E-state index contributed by atoms with van der Waals surface area (Å²) < 4.78 is 91.0. The molecule has 3 aromatic carbocycles. The molecule has 0 radical (unpaired) electrons. The number of aryl methyl sites for hydroxylation is 1. The van der Waals surface area contributed by atoms with E-state index in [4.69, 9.17) is 0 Å². The zero-order valence-electron chi connectivity index (χ0n) is 21.9. The van der Waals surface area contributed by atoms with E-state index in [1.807, 2.05) is 24.3 Å². The lowest BCUT2D eigenvalue weighted by Gasteiger charge is -2.27. The second-order valence-corrected chi connectivity index (χ2v) is 11.5. The first-order valence-corrected chi connectivity index (χ1v) is 14.0. The van der Waals surface area contributed by atoms with Gasteiger partial charge in [-0.05, 0) is 66.5 Å². The molecule has 4 aromatic rings. The highest BCUT2D eigenvalue weighted by Gasteiger charge is 2.36. The third kappa shape index (κ3) is 5.83. The van der Waals surface area contributed by atoms with Crippen molar-refractivity contribution >= 4 is 32.6 Å². The van der Waals surface area contributed by atoms with Crippen LogP contribution in [0.15, 0.2) is 71.8 Å². The predicted octanol–water partition coefficient (Wildman–Crippen LogP) is 6.64. The van der Waals surface area contributed by atoms with Gasteiger partial charge in [0.15, 0.2) is 0 Å². The number of ether oxygens (including phenoxy) is 2. The SMILES string of the molecule is COC(=O)c1c(C)cc(S(=O)(=O)N(Cc2ccc(OC(F)(F)F)cc2)c2ncc3ccccc3c2C2CC2)cc1F. The number of esters is 1. The summed E-state index contributed by atoms with van der Waals surface area (Å²) in [6.45, 7) is 1.07. The normalized spacial score (nSPS) is 13.7. The van der Waals surface area contributed by atoms with E-state index in [2.05, 4.69) is 14.5 Å². The Morgan fingerprint density at radius 2 is 1.76 bits per heavy atom. The number of aromatic nitrogens is 1. The minimum atomic E-state index is -4.89. The standard InChI is InChI=1S/C29H24F4N2O5S/c1-17-13-22(14-24(30)25(17)28(36)39-2)41(37,38)35(16-18-7-11-21(12-8-18)40-29(31,32)33)27-26(19-9-10-19)23-6-4-3-5-20(23)15-34-27/h3-8,11-15,19H,9-10,16H2,1-2H3. The quantitative estimate of drug-likeness (QED) is 0.170. The molecule has 1 aliphatic rings. The van der Waals surface area contributed by atoms with Gasteiger partial charge in [0, 0.05) is 17.1 Å². The van der Waals surface area contributed by atoms with Crippen LogP contribution in [0, 0.1) is 12.7 Å². The molecule has 1 saturated carbocycles. The third-order valence-electron chi connectivity index (χ3n) is 6.76. The van der Waals surface area contributed by atoms with E-state index in [-0.39, 0.29) is 29.4 Å². The highest BCUT2D eigenvalue weighted by atomic mass is 32.2. The summed E-state index contributed by atoms with van der Waals surface area (Å²) in [6.07, 6.45) is -1.70. The number of benzene rings is 3. The summed E-state index contributed by atoms with van der Waals surface area (Å²) in [4.78, 5) is 16.2. The van der Waals surface area contributed by atoms with Crippen LogP contribution in [-0.4, -0.2) is 32.8 Å². The number of nitrogens with zero attached hydrogens (tertiary/aromatic N) is 2. The minimum Gasteiger partial charge on any atom is -0.465 e. The molecule has 7 nitrogen and oxygen atoms in total. The Balaban J connectivity index is 1.65. The van der Waals surface area contributed by atoms with Crippen LogP contribution in [0.3, 0.4) is 0 Å². The van der Waals surface area contributed by atoms with Crippen LogP contribution >= 0.6 is 0 Å². The van der Waals surface area contributed by atoms with E-state index < -0.39 is 38.8 Å². The molecule has 0 N–H and O–H groups in total. The Morgan fingerprint density at radius 3 is 2.37 bits per heavy atom. The van der Waals surface area contributed by atoms with Gasteiger partial charge in [-0.15, -0.1) is 13.2 Å².